The van der Waals surface area contributed by atoms with Gasteiger partial charge in [-0.1, -0.05) is 23.2 Å². The molecule has 1 N–H and O–H groups in total. The zero-order valence-corrected chi connectivity index (χ0v) is 12.6. The van der Waals surface area contributed by atoms with Crippen LogP contribution in [0.5, 0.6) is 5.75 Å². The number of carboxylic acids is 1. The highest BCUT2D eigenvalue weighted by Gasteiger charge is 2.25. The molecule has 0 spiro atoms. The van der Waals surface area contributed by atoms with Gasteiger partial charge in [-0.2, -0.15) is 13.9 Å². The van der Waals surface area contributed by atoms with E-state index in [0.717, 1.165) is 6.07 Å². The summed E-state index contributed by atoms with van der Waals surface area (Å²) in [4.78, 5) is 14.9. The van der Waals surface area contributed by atoms with Crippen molar-refractivity contribution >= 4 is 29.2 Å². The third-order valence-electron chi connectivity index (χ3n) is 2.70. The lowest BCUT2D eigenvalue weighted by atomic mass is 10.1. The van der Waals surface area contributed by atoms with Crippen LogP contribution in [0.3, 0.4) is 0 Å². The van der Waals surface area contributed by atoms with Gasteiger partial charge in [-0.25, -0.2) is 9.78 Å². The zero-order chi connectivity index (χ0) is 16.4. The van der Waals surface area contributed by atoms with Crippen molar-refractivity contribution in [3.8, 4) is 17.0 Å². The second-order valence-corrected chi connectivity index (χ2v) is 4.78. The molecule has 0 unspecified atom stereocenters. The first-order chi connectivity index (χ1) is 10.3. The average molecular weight is 352 g/mol. The maximum Gasteiger partial charge on any atom is 0.387 e. The van der Waals surface area contributed by atoms with Crippen molar-refractivity contribution in [2.45, 2.75) is 20.1 Å². The Balaban J connectivity index is 2.68. The van der Waals surface area contributed by atoms with E-state index in [0.29, 0.717) is 0 Å². The minimum atomic E-state index is -3.09. The number of hydrogen-bond acceptors (Lipinski definition) is 4. The van der Waals surface area contributed by atoms with E-state index in [1.54, 1.807) is 6.92 Å². The first kappa shape index (κ1) is 16.4. The molecule has 2 rings (SSSR count). The Morgan fingerprint density at radius 1 is 1.50 bits per heavy atom. The van der Waals surface area contributed by atoms with Crippen molar-refractivity contribution in [2.24, 2.45) is 0 Å². The van der Waals surface area contributed by atoms with Gasteiger partial charge >= 0.3 is 12.6 Å². The van der Waals surface area contributed by atoms with Crippen LogP contribution in [0.15, 0.2) is 12.3 Å². The maximum absolute atomic E-state index is 12.5. The third kappa shape index (κ3) is 3.12. The number of aryl methyl sites for hydroxylation is 1. The molecule has 2 heterocycles. The Labute approximate surface area is 133 Å². The SMILES string of the molecule is CCn1nc(C(=O)O)c(Cl)c1-c1cnc(Cl)cc1OC(F)F. The van der Waals surface area contributed by atoms with Gasteiger partial charge in [-0.05, 0) is 6.92 Å². The first-order valence-electron chi connectivity index (χ1n) is 5.95. The molecule has 0 fully saturated rings. The Hall–Kier alpha value is -1.93. The Kier molecular flexibility index (Phi) is 4.82. The molecule has 0 saturated heterocycles. The van der Waals surface area contributed by atoms with Crippen LogP contribution in [0.25, 0.3) is 11.3 Å². The molecule has 22 heavy (non-hydrogen) atoms. The van der Waals surface area contributed by atoms with Crippen LogP contribution in [-0.4, -0.2) is 32.5 Å². The molecule has 0 bridgehead atoms. The molecule has 0 aliphatic heterocycles. The summed E-state index contributed by atoms with van der Waals surface area (Å²) in [6.45, 7) is -1.14. The van der Waals surface area contributed by atoms with E-state index in [-0.39, 0.29) is 33.7 Å². The molecule has 0 aliphatic carbocycles. The van der Waals surface area contributed by atoms with Gasteiger partial charge in [0.25, 0.3) is 0 Å². The fourth-order valence-corrected chi connectivity index (χ4v) is 2.31. The van der Waals surface area contributed by atoms with Crippen molar-refractivity contribution < 1.29 is 23.4 Å². The van der Waals surface area contributed by atoms with Gasteiger partial charge in [-0.3, -0.25) is 4.68 Å². The number of aromatic nitrogens is 3. The predicted molar refractivity (Wildman–Crippen MR) is 74.7 cm³/mol. The summed E-state index contributed by atoms with van der Waals surface area (Å²) in [5, 5.41) is 12.6. The van der Waals surface area contributed by atoms with Gasteiger partial charge in [0.2, 0.25) is 0 Å². The standard InChI is InChI=1S/C12H9Cl2F2N3O3/c1-2-19-10(8(14)9(18-19)11(20)21)5-4-17-7(13)3-6(5)22-12(15)16/h3-4,12H,2H2,1H3,(H,20,21). The predicted octanol–water partition coefficient (Wildman–Crippen LogP) is 3.57. The summed E-state index contributed by atoms with van der Waals surface area (Å²) in [7, 11) is 0. The molecule has 2 aromatic heterocycles. The molecule has 0 radical (unpaired) electrons. The van der Waals surface area contributed by atoms with Gasteiger partial charge in [0, 0.05) is 18.8 Å². The fourth-order valence-electron chi connectivity index (χ4n) is 1.85. The van der Waals surface area contributed by atoms with Gasteiger partial charge in [0.05, 0.1) is 11.3 Å². The number of aromatic carboxylic acids is 1. The molecular weight excluding hydrogens is 343 g/mol. The topological polar surface area (TPSA) is 77.2 Å². The lowest BCUT2D eigenvalue weighted by Gasteiger charge is -2.12. The van der Waals surface area contributed by atoms with Crippen LogP contribution in [-0.2, 0) is 6.54 Å². The van der Waals surface area contributed by atoms with E-state index in [1.807, 2.05) is 0 Å². The van der Waals surface area contributed by atoms with Gasteiger partial charge in [0.1, 0.15) is 15.9 Å². The van der Waals surface area contributed by atoms with Crippen LogP contribution in [0.2, 0.25) is 10.2 Å². The highest BCUT2D eigenvalue weighted by atomic mass is 35.5. The first-order valence-corrected chi connectivity index (χ1v) is 6.71. The Bertz CT molecular complexity index is 722. The highest BCUT2D eigenvalue weighted by Crippen LogP contribution is 2.38. The van der Waals surface area contributed by atoms with E-state index >= 15 is 0 Å². The quantitative estimate of drug-likeness (QED) is 0.833. The smallest absolute Gasteiger partial charge is 0.387 e. The van der Waals surface area contributed by atoms with Gasteiger partial charge in [0.15, 0.2) is 5.69 Å². The molecule has 0 saturated carbocycles. The fraction of sp³-hybridized carbons (Fsp3) is 0.250. The number of ether oxygens (including phenoxy) is 1. The van der Waals surface area contributed by atoms with Crippen molar-refractivity contribution in [2.75, 3.05) is 0 Å². The minimum Gasteiger partial charge on any atom is -0.476 e. The second kappa shape index (κ2) is 6.45. The molecule has 0 aromatic carbocycles. The largest absolute Gasteiger partial charge is 0.476 e. The lowest BCUT2D eigenvalue weighted by Crippen LogP contribution is -2.06. The number of nitrogens with zero attached hydrogens (tertiary/aromatic N) is 3. The van der Waals surface area contributed by atoms with Crippen LogP contribution in [0.1, 0.15) is 17.4 Å². The zero-order valence-electron chi connectivity index (χ0n) is 11.1. The van der Waals surface area contributed by atoms with Gasteiger partial charge in [-0.15, -0.1) is 0 Å². The molecular formula is C12H9Cl2F2N3O3. The van der Waals surface area contributed by atoms with E-state index in [1.165, 1.54) is 10.9 Å². The summed E-state index contributed by atoms with van der Waals surface area (Å²) < 4.78 is 30.7. The summed E-state index contributed by atoms with van der Waals surface area (Å²) in [5.74, 6) is -1.61. The van der Waals surface area contributed by atoms with Crippen LogP contribution in [0.4, 0.5) is 8.78 Å². The van der Waals surface area contributed by atoms with Crippen molar-refractivity contribution in [1.82, 2.24) is 14.8 Å². The molecule has 118 valence electrons. The number of hydrogen-bond donors (Lipinski definition) is 1. The van der Waals surface area contributed by atoms with Crippen LogP contribution >= 0.6 is 23.2 Å². The number of alkyl halides is 2. The number of rotatable bonds is 5. The third-order valence-corrected chi connectivity index (χ3v) is 3.27. The number of pyridine rings is 1. The normalized spacial score (nSPS) is 11.0. The highest BCUT2D eigenvalue weighted by molar-refractivity contribution is 6.36. The minimum absolute atomic E-state index is 0.0588. The van der Waals surface area contributed by atoms with Crippen molar-refractivity contribution in [3.63, 3.8) is 0 Å². The molecule has 0 amide bonds. The average Bonchev–Trinajstić information content (AvgIpc) is 2.75. The summed E-state index contributed by atoms with van der Waals surface area (Å²) in [6.07, 6.45) is 1.17. The second-order valence-electron chi connectivity index (χ2n) is 4.01. The van der Waals surface area contributed by atoms with Crippen molar-refractivity contribution in [3.05, 3.63) is 28.1 Å². The summed E-state index contributed by atoms with van der Waals surface area (Å²) in [6, 6.07) is 1.09. The monoisotopic (exact) mass is 351 g/mol. The number of halogens is 4. The molecule has 6 nitrogen and oxygen atoms in total. The van der Waals surface area contributed by atoms with E-state index in [2.05, 4.69) is 14.8 Å². The van der Waals surface area contributed by atoms with E-state index < -0.39 is 18.3 Å². The summed E-state index contributed by atoms with van der Waals surface area (Å²) in [5.41, 5.74) is -0.214. The molecule has 10 heteroatoms. The van der Waals surface area contributed by atoms with Crippen LogP contribution in [0, 0.1) is 0 Å². The number of carboxylic acid groups (broad SMARTS) is 1. The Morgan fingerprint density at radius 2 is 2.18 bits per heavy atom. The molecule has 0 aliphatic rings. The number of carbonyl (C=O) groups is 1. The molecule has 0 atom stereocenters. The van der Waals surface area contributed by atoms with Crippen LogP contribution < -0.4 is 4.74 Å². The van der Waals surface area contributed by atoms with Crippen molar-refractivity contribution in [1.29, 1.82) is 0 Å². The summed E-state index contributed by atoms with van der Waals surface area (Å²) >= 11 is 11.7. The van der Waals surface area contributed by atoms with E-state index in [4.69, 9.17) is 28.3 Å². The lowest BCUT2D eigenvalue weighted by molar-refractivity contribution is -0.0495. The van der Waals surface area contributed by atoms with Gasteiger partial charge < -0.3 is 9.84 Å². The van der Waals surface area contributed by atoms with E-state index in [9.17, 15) is 13.6 Å². The Morgan fingerprint density at radius 3 is 2.73 bits per heavy atom. The molecule has 2 aromatic rings. The maximum atomic E-state index is 12.5.